The molecule has 1 aromatic rings. The van der Waals surface area contributed by atoms with Crippen molar-refractivity contribution in [2.75, 3.05) is 24.5 Å². The van der Waals surface area contributed by atoms with Gasteiger partial charge >= 0.3 is 0 Å². The largest absolute Gasteiger partial charge is 0.366 e. The van der Waals surface area contributed by atoms with Crippen molar-refractivity contribution in [2.45, 2.75) is 52.0 Å². The summed E-state index contributed by atoms with van der Waals surface area (Å²) in [6.07, 6.45) is 7.46. The molecule has 2 heterocycles. The van der Waals surface area contributed by atoms with E-state index in [1.165, 1.54) is 31.9 Å². The third-order valence-electron chi connectivity index (χ3n) is 8.61. The zero-order valence-corrected chi connectivity index (χ0v) is 18.1. The van der Waals surface area contributed by atoms with E-state index in [0.717, 1.165) is 54.9 Å². The number of carbonyl (C=O) groups is 2. The molecule has 0 spiro atoms. The Bertz CT molecular complexity index is 895. The first kappa shape index (κ1) is 19.8. The molecule has 5 nitrogen and oxygen atoms in total. The minimum atomic E-state index is -0.571. The molecule has 5 aliphatic rings. The van der Waals surface area contributed by atoms with Crippen molar-refractivity contribution in [2.24, 2.45) is 28.9 Å². The van der Waals surface area contributed by atoms with E-state index in [-0.39, 0.29) is 11.9 Å². The summed E-state index contributed by atoms with van der Waals surface area (Å²) in [7, 11) is 0. The van der Waals surface area contributed by atoms with E-state index in [9.17, 15) is 9.59 Å². The summed E-state index contributed by atoms with van der Waals surface area (Å²) in [5, 5.41) is 0. The lowest BCUT2D eigenvalue weighted by atomic mass is 9.45. The van der Waals surface area contributed by atoms with Gasteiger partial charge in [-0.2, -0.15) is 0 Å². The lowest BCUT2D eigenvalue weighted by Gasteiger charge is -2.61. The second-order valence-electron chi connectivity index (χ2n) is 10.4. The average molecular weight is 408 g/mol. The number of nitrogens with two attached hydrogens (primary N) is 1. The van der Waals surface area contributed by atoms with Gasteiger partial charge in [-0.3, -0.25) is 9.59 Å². The van der Waals surface area contributed by atoms with Crippen LogP contribution in [0, 0.1) is 23.2 Å². The van der Waals surface area contributed by atoms with Crippen molar-refractivity contribution >= 4 is 23.1 Å². The Morgan fingerprint density at radius 3 is 2.57 bits per heavy atom. The summed E-state index contributed by atoms with van der Waals surface area (Å²) >= 11 is 0. The first-order valence-electron chi connectivity index (χ1n) is 11.5. The van der Waals surface area contributed by atoms with Crippen molar-refractivity contribution in [3.05, 3.63) is 35.9 Å². The number of piperidine rings is 1. The first-order chi connectivity index (χ1) is 14.4. The van der Waals surface area contributed by atoms with Gasteiger partial charge in [0.1, 0.15) is 0 Å². The smallest absolute Gasteiger partial charge is 0.259 e. The van der Waals surface area contributed by atoms with Crippen LogP contribution in [0.15, 0.2) is 30.3 Å². The molecule has 160 valence electrons. The Morgan fingerprint density at radius 2 is 1.90 bits per heavy atom. The van der Waals surface area contributed by atoms with Crippen LogP contribution in [0.1, 0.15) is 51.5 Å². The van der Waals surface area contributed by atoms with E-state index in [0.29, 0.717) is 11.0 Å². The molecule has 0 radical (unpaired) electrons. The molecule has 2 N–H and O–H groups in total. The molecule has 4 fully saturated rings. The van der Waals surface area contributed by atoms with Gasteiger partial charge in [0.15, 0.2) is 0 Å². The number of carbonyl (C=O) groups excluding carboxylic acids is 2. The van der Waals surface area contributed by atoms with Crippen molar-refractivity contribution in [3.63, 3.8) is 0 Å². The van der Waals surface area contributed by atoms with Gasteiger partial charge in [0.2, 0.25) is 5.91 Å². The highest BCUT2D eigenvalue weighted by molar-refractivity contribution is 6.35. The first-order valence-corrected chi connectivity index (χ1v) is 11.5. The molecular weight excluding hydrogens is 374 g/mol. The van der Waals surface area contributed by atoms with Gasteiger partial charge in [0.05, 0.1) is 11.3 Å². The van der Waals surface area contributed by atoms with Crippen molar-refractivity contribution < 1.29 is 9.59 Å². The lowest BCUT2D eigenvalue weighted by Crippen LogP contribution is -2.55. The fourth-order valence-corrected chi connectivity index (χ4v) is 6.78. The Hall–Kier alpha value is -2.14. The Balaban J connectivity index is 1.26. The Morgan fingerprint density at radius 1 is 1.17 bits per heavy atom. The Kier molecular flexibility index (Phi) is 4.77. The summed E-state index contributed by atoms with van der Waals surface area (Å²) in [6.45, 7) is 8.23. The molecule has 5 heteroatoms. The third kappa shape index (κ3) is 3.09. The summed E-state index contributed by atoms with van der Waals surface area (Å²) in [4.78, 5) is 29.2. The Labute approximate surface area is 179 Å². The number of amides is 2. The summed E-state index contributed by atoms with van der Waals surface area (Å²) in [6, 6.07) is 7.94. The number of para-hydroxylation sites is 1. The predicted octanol–water partition coefficient (Wildman–Crippen LogP) is 3.44. The van der Waals surface area contributed by atoms with Gasteiger partial charge in [-0.1, -0.05) is 32.0 Å². The van der Waals surface area contributed by atoms with Gasteiger partial charge < -0.3 is 15.5 Å². The third-order valence-corrected chi connectivity index (χ3v) is 8.61. The molecule has 1 saturated heterocycles. The molecule has 1 aromatic carbocycles. The molecule has 2 bridgehead atoms. The normalized spacial score (nSPS) is 32.2. The second-order valence-corrected chi connectivity index (χ2v) is 10.4. The molecule has 3 unspecified atom stereocenters. The van der Waals surface area contributed by atoms with E-state index in [2.05, 4.69) is 18.7 Å². The van der Waals surface area contributed by atoms with E-state index < -0.39 is 5.91 Å². The summed E-state index contributed by atoms with van der Waals surface area (Å²) in [5.74, 6) is 2.03. The highest BCUT2D eigenvalue weighted by Crippen LogP contribution is 2.61. The quantitative estimate of drug-likeness (QED) is 0.778. The fraction of sp³-hybridized carbons (Fsp3) is 0.600. The second kappa shape index (κ2) is 7.23. The van der Waals surface area contributed by atoms with Crippen molar-refractivity contribution in [1.29, 1.82) is 0 Å². The highest BCUT2D eigenvalue weighted by Gasteiger charge is 2.54. The fourth-order valence-electron chi connectivity index (χ4n) is 6.78. The van der Waals surface area contributed by atoms with Gasteiger partial charge in [-0.25, -0.2) is 0 Å². The van der Waals surface area contributed by atoms with Crippen molar-refractivity contribution in [3.8, 4) is 0 Å². The number of hydrogen-bond acceptors (Lipinski definition) is 3. The minimum absolute atomic E-state index is 0.0806. The number of primary amides is 1. The highest BCUT2D eigenvalue weighted by atomic mass is 16.2. The van der Waals surface area contributed by atoms with Gasteiger partial charge in [-0.15, -0.1) is 0 Å². The van der Waals surface area contributed by atoms with Crippen LogP contribution in [-0.2, 0) is 9.59 Å². The van der Waals surface area contributed by atoms with E-state index in [1.54, 1.807) is 0 Å². The van der Waals surface area contributed by atoms with Crippen LogP contribution >= 0.6 is 0 Å². The minimum Gasteiger partial charge on any atom is -0.366 e. The molecule has 2 aliphatic heterocycles. The van der Waals surface area contributed by atoms with Crippen LogP contribution in [0.2, 0.25) is 0 Å². The SMILES string of the molecule is CC1(C)C2CCC(CN3CCC(N4C(=O)/C(=C\C(N)=O)c5ccccc54)CC3)C1C2. The van der Waals surface area contributed by atoms with E-state index in [1.807, 2.05) is 29.2 Å². The molecule has 6 rings (SSSR count). The summed E-state index contributed by atoms with van der Waals surface area (Å²) in [5.41, 5.74) is 8.08. The van der Waals surface area contributed by atoms with Crippen LogP contribution in [0.25, 0.3) is 5.57 Å². The standard InChI is InChI=1S/C25H33N3O2/c1-25(2)17-8-7-16(21(25)13-17)15-27-11-9-18(10-12-27)28-22-6-4-3-5-19(22)20(24(28)30)14-23(26)29/h3-6,14,16-18,21H,7-13,15H2,1-2H3,(H2,26,29)/b20-14-. The zero-order valence-electron chi connectivity index (χ0n) is 18.1. The topological polar surface area (TPSA) is 66.6 Å². The number of fused-ring (bicyclic) bond motifs is 3. The van der Waals surface area contributed by atoms with Gasteiger partial charge in [0.25, 0.3) is 5.91 Å². The zero-order chi connectivity index (χ0) is 21.0. The number of hydrogen-bond donors (Lipinski definition) is 1. The molecule has 2 amide bonds. The maximum Gasteiger partial charge on any atom is 0.259 e. The molecule has 3 atom stereocenters. The number of rotatable bonds is 4. The van der Waals surface area contributed by atoms with Crippen LogP contribution < -0.4 is 10.6 Å². The average Bonchev–Trinajstić information content (AvgIpc) is 3.00. The summed E-state index contributed by atoms with van der Waals surface area (Å²) < 4.78 is 0. The molecule has 0 aromatic heterocycles. The van der Waals surface area contributed by atoms with Crippen LogP contribution in [0.3, 0.4) is 0 Å². The van der Waals surface area contributed by atoms with Gasteiger partial charge in [-0.05, 0) is 61.3 Å². The number of likely N-dealkylation sites (tertiary alicyclic amines) is 1. The maximum absolute atomic E-state index is 13.2. The predicted molar refractivity (Wildman–Crippen MR) is 119 cm³/mol. The van der Waals surface area contributed by atoms with Crippen LogP contribution in [-0.4, -0.2) is 42.4 Å². The maximum atomic E-state index is 13.2. The monoisotopic (exact) mass is 407 g/mol. The van der Waals surface area contributed by atoms with Crippen molar-refractivity contribution in [1.82, 2.24) is 4.90 Å². The van der Waals surface area contributed by atoms with Crippen LogP contribution in [0.4, 0.5) is 5.69 Å². The van der Waals surface area contributed by atoms with Gasteiger partial charge in [0, 0.05) is 37.3 Å². The molecule has 3 aliphatic carbocycles. The van der Waals surface area contributed by atoms with E-state index in [4.69, 9.17) is 5.73 Å². The van der Waals surface area contributed by atoms with E-state index >= 15 is 0 Å². The number of anilines is 1. The van der Waals surface area contributed by atoms with Crippen LogP contribution in [0.5, 0.6) is 0 Å². The molecular formula is C25H33N3O2. The molecule has 30 heavy (non-hydrogen) atoms. The number of benzene rings is 1. The lowest BCUT2D eigenvalue weighted by molar-refractivity contribution is -0.116. The number of nitrogens with zero attached hydrogens (tertiary/aromatic N) is 2. The molecule has 3 saturated carbocycles.